The molecule has 0 fully saturated rings. The SMILES string of the molecule is COc1cc(Br)ccc1[C@H](N)CCC(C)C.Cl. The summed E-state index contributed by atoms with van der Waals surface area (Å²) in [4.78, 5) is 0. The van der Waals surface area contributed by atoms with Crippen molar-refractivity contribution in [3.63, 3.8) is 0 Å². The number of benzene rings is 1. The summed E-state index contributed by atoms with van der Waals surface area (Å²) in [5, 5.41) is 0. The van der Waals surface area contributed by atoms with Crippen molar-refractivity contribution in [2.75, 3.05) is 7.11 Å². The van der Waals surface area contributed by atoms with Gasteiger partial charge in [-0.3, -0.25) is 0 Å². The quantitative estimate of drug-likeness (QED) is 0.876. The molecule has 17 heavy (non-hydrogen) atoms. The molecule has 0 radical (unpaired) electrons. The first-order valence-electron chi connectivity index (χ1n) is 5.63. The zero-order chi connectivity index (χ0) is 12.1. The third-order valence-electron chi connectivity index (χ3n) is 2.65. The molecular weight excluding hydrogens is 302 g/mol. The molecule has 0 bridgehead atoms. The van der Waals surface area contributed by atoms with E-state index in [2.05, 4.69) is 29.8 Å². The van der Waals surface area contributed by atoms with Gasteiger partial charge in [-0.25, -0.2) is 0 Å². The minimum atomic E-state index is 0. The first kappa shape index (κ1) is 16.8. The lowest BCUT2D eigenvalue weighted by atomic mass is 9.98. The molecule has 1 rings (SSSR count). The van der Waals surface area contributed by atoms with Crippen LogP contribution in [0.1, 0.15) is 38.3 Å². The fraction of sp³-hybridized carbons (Fsp3) is 0.538. The van der Waals surface area contributed by atoms with E-state index in [0.29, 0.717) is 5.92 Å². The average molecular weight is 323 g/mol. The maximum atomic E-state index is 6.17. The number of ether oxygens (including phenoxy) is 1. The van der Waals surface area contributed by atoms with E-state index in [1.807, 2.05) is 18.2 Å². The predicted molar refractivity (Wildman–Crippen MR) is 78.9 cm³/mol. The summed E-state index contributed by atoms with van der Waals surface area (Å²) in [5.41, 5.74) is 7.26. The van der Waals surface area contributed by atoms with Crippen LogP contribution in [0.4, 0.5) is 0 Å². The molecule has 0 heterocycles. The topological polar surface area (TPSA) is 35.2 Å². The number of hydrogen-bond acceptors (Lipinski definition) is 2. The molecule has 0 aliphatic heterocycles. The van der Waals surface area contributed by atoms with Crippen molar-refractivity contribution in [2.45, 2.75) is 32.7 Å². The highest BCUT2D eigenvalue weighted by Gasteiger charge is 2.12. The van der Waals surface area contributed by atoms with Gasteiger partial charge >= 0.3 is 0 Å². The minimum Gasteiger partial charge on any atom is -0.496 e. The number of hydrogen-bond donors (Lipinski definition) is 1. The molecule has 2 N–H and O–H groups in total. The number of nitrogens with two attached hydrogens (primary N) is 1. The second-order valence-electron chi connectivity index (χ2n) is 4.46. The Kier molecular flexibility index (Phi) is 7.84. The molecule has 1 aromatic carbocycles. The molecule has 1 aromatic rings. The zero-order valence-electron chi connectivity index (χ0n) is 10.6. The lowest BCUT2D eigenvalue weighted by Crippen LogP contribution is -2.12. The standard InChI is InChI=1S/C13H20BrNO.ClH/c1-9(2)4-7-12(15)11-6-5-10(14)8-13(11)16-3;/h5-6,8-9,12H,4,7,15H2,1-3H3;1H/t12-;/m1./s1. The van der Waals surface area contributed by atoms with E-state index in [1.54, 1.807) is 7.11 Å². The molecule has 4 heteroatoms. The Bertz CT molecular complexity index is 344. The van der Waals surface area contributed by atoms with Gasteiger partial charge in [-0.05, 0) is 30.9 Å². The van der Waals surface area contributed by atoms with E-state index in [4.69, 9.17) is 10.5 Å². The number of methoxy groups -OCH3 is 1. The summed E-state index contributed by atoms with van der Waals surface area (Å²) in [6, 6.07) is 6.07. The van der Waals surface area contributed by atoms with Gasteiger partial charge in [-0.1, -0.05) is 35.8 Å². The van der Waals surface area contributed by atoms with Crippen molar-refractivity contribution in [1.82, 2.24) is 0 Å². The minimum absolute atomic E-state index is 0. The molecule has 98 valence electrons. The van der Waals surface area contributed by atoms with Crippen LogP contribution in [0.3, 0.4) is 0 Å². The van der Waals surface area contributed by atoms with E-state index in [9.17, 15) is 0 Å². The van der Waals surface area contributed by atoms with Gasteiger partial charge in [-0.15, -0.1) is 12.4 Å². The van der Waals surface area contributed by atoms with Crippen LogP contribution in [0.15, 0.2) is 22.7 Å². The fourth-order valence-corrected chi connectivity index (χ4v) is 2.00. The summed E-state index contributed by atoms with van der Waals surface area (Å²) in [5.74, 6) is 1.55. The first-order chi connectivity index (χ1) is 7.54. The Balaban J connectivity index is 0.00000256. The molecule has 0 aliphatic carbocycles. The summed E-state index contributed by atoms with van der Waals surface area (Å²) in [6.45, 7) is 4.43. The number of halogens is 2. The Hall–Kier alpha value is -0.250. The Morgan fingerprint density at radius 3 is 2.47 bits per heavy atom. The molecule has 0 aromatic heterocycles. The van der Waals surface area contributed by atoms with Crippen molar-refractivity contribution in [1.29, 1.82) is 0 Å². The van der Waals surface area contributed by atoms with Crippen LogP contribution in [0.5, 0.6) is 5.75 Å². The van der Waals surface area contributed by atoms with Crippen LogP contribution >= 0.6 is 28.3 Å². The van der Waals surface area contributed by atoms with Crippen LogP contribution in [-0.4, -0.2) is 7.11 Å². The third-order valence-corrected chi connectivity index (χ3v) is 3.14. The van der Waals surface area contributed by atoms with Gasteiger partial charge < -0.3 is 10.5 Å². The van der Waals surface area contributed by atoms with Gasteiger partial charge in [0.2, 0.25) is 0 Å². The third kappa shape index (κ3) is 5.28. The summed E-state index contributed by atoms with van der Waals surface area (Å²) in [7, 11) is 1.68. The molecule has 0 amide bonds. The van der Waals surface area contributed by atoms with Crippen LogP contribution in [0.25, 0.3) is 0 Å². The van der Waals surface area contributed by atoms with E-state index in [0.717, 1.165) is 28.6 Å². The van der Waals surface area contributed by atoms with Gasteiger partial charge in [0.15, 0.2) is 0 Å². The first-order valence-corrected chi connectivity index (χ1v) is 6.43. The van der Waals surface area contributed by atoms with Gasteiger partial charge in [0.25, 0.3) is 0 Å². The highest BCUT2D eigenvalue weighted by molar-refractivity contribution is 9.10. The lowest BCUT2D eigenvalue weighted by Gasteiger charge is -2.16. The summed E-state index contributed by atoms with van der Waals surface area (Å²) < 4.78 is 6.36. The molecule has 1 atom stereocenters. The average Bonchev–Trinajstić information content (AvgIpc) is 2.25. The van der Waals surface area contributed by atoms with Crippen molar-refractivity contribution in [3.05, 3.63) is 28.2 Å². The van der Waals surface area contributed by atoms with Gasteiger partial charge in [-0.2, -0.15) is 0 Å². The van der Waals surface area contributed by atoms with Crippen molar-refractivity contribution in [2.24, 2.45) is 11.7 Å². The van der Waals surface area contributed by atoms with E-state index in [-0.39, 0.29) is 18.4 Å². The van der Waals surface area contributed by atoms with Crippen molar-refractivity contribution >= 4 is 28.3 Å². The Morgan fingerprint density at radius 1 is 1.29 bits per heavy atom. The molecule has 0 saturated heterocycles. The Labute approximate surface area is 118 Å². The second kappa shape index (κ2) is 7.96. The maximum Gasteiger partial charge on any atom is 0.124 e. The van der Waals surface area contributed by atoms with Crippen molar-refractivity contribution in [3.8, 4) is 5.75 Å². The highest BCUT2D eigenvalue weighted by Crippen LogP contribution is 2.30. The van der Waals surface area contributed by atoms with Crippen LogP contribution in [0, 0.1) is 5.92 Å². The number of rotatable bonds is 5. The lowest BCUT2D eigenvalue weighted by molar-refractivity contribution is 0.400. The fourth-order valence-electron chi connectivity index (χ4n) is 1.66. The predicted octanol–water partition coefficient (Wildman–Crippen LogP) is 4.32. The second-order valence-corrected chi connectivity index (χ2v) is 5.38. The summed E-state index contributed by atoms with van der Waals surface area (Å²) >= 11 is 3.43. The maximum absolute atomic E-state index is 6.17. The van der Waals surface area contributed by atoms with Crippen LogP contribution < -0.4 is 10.5 Å². The van der Waals surface area contributed by atoms with Crippen LogP contribution in [0.2, 0.25) is 0 Å². The zero-order valence-corrected chi connectivity index (χ0v) is 13.0. The highest BCUT2D eigenvalue weighted by atomic mass is 79.9. The Morgan fingerprint density at radius 2 is 1.94 bits per heavy atom. The van der Waals surface area contributed by atoms with Gasteiger partial charge in [0, 0.05) is 16.1 Å². The molecule has 0 spiro atoms. The largest absolute Gasteiger partial charge is 0.496 e. The smallest absolute Gasteiger partial charge is 0.124 e. The van der Waals surface area contributed by atoms with E-state index >= 15 is 0 Å². The van der Waals surface area contributed by atoms with Crippen LogP contribution in [-0.2, 0) is 0 Å². The van der Waals surface area contributed by atoms with Gasteiger partial charge in [0.1, 0.15) is 5.75 Å². The monoisotopic (exact) mass is 321 g/mol. The molecule has 0 unspecified atom stereocenters. The van der Waals surface area contributed by atoms with E-state index < -0.39 is 0 Å². The molecule has 0 saturated carbocycles. The molecule has 0 aliphatic rings. The normalized spacial score (nSPS) is 12.1. The van der Waals surface area contributed by atoms with Crippen molar-refractivity contribution < 1.29 is 4.74 Å². The van der Waals surface area contributed by atoms with E-state index in [1.165, 1.54) is 0 Å². The summed E-state index contributed by atoms with van der Waals surface area (Å²) in [6.07, 6.45) is 2.13. The van der Waals surface area contributed by atoms with Gasteiger partial charge in [0.05, 0.1) is 7.11 Å². The molecular formula is C13H21BrClNO. The molecule has 2 nitrogen and oxygen atoms in total.